The summed E-state index contributed by atoms with van der Waals surface area (Å²) in [5, 5.41) is 14.2. The molecule has 0 aromatic rings. The van der Waals surface area contributed by atoms with Crippen molar-refractivity contribution >= 4 is 12.4 Å². The molecule has 0 spiro atoms. The fraction of sp³-hybridized carbons (Fsp3) is 1.00. The van der Waals surface area contributed by atoms with Crippen LogP contribution in [0, 0.1) is 46.3 Å². The van der Waals surface area contributed by atoms with Gasteiger partial charge in [-0.3, -0.25) is 0 Å². The Morgan fingerprint density at radius 3 is 2.31 bits per heavy atom. The van der Waals surface area contributed by atoms with Crippen molar-refractivity contribution in [2.75, 3.05) is 6.54 Å². The summed E-state index contributed by atoms with van der Waals surface area (Å²) in [4.78, 5) is 0. The summed E-state index contributed by atoms with van der Waals surface area (Å²) in [6, 6.07) is 0.669. The van der Waals surface area contributed by atoms with E-state index >= 15 is 0 Å². The van der Waals surface area contributed by atoms with Crippen molar-refractivity contribution in [1.82, 2.24) is 5.32 Å². The van der Waals surface area contributed by atoms with Gasteiger partial charge < -0.3 is 10.4 Å². The molecule has 1 unspecified atom stereocenters. The summed E-state index contributed by atoms with van der Waals surface area (Å²) in [7, 11) is 0. The van der Waals surface area contributed by atoms with Crippen LogP contribution in [0.3, 0.4) is 0 Å². The van der Waals surface area contributed by atoms with Crippen molar-refractivity contribution < 1.29 is 5.11 Å². The summed E-state index contributed by atoms with van der Waals surface area (Å²) < 4.78 is 0. The van der Waals surface area contributed by atoms with Gasteiger partial charge >= 0.3 is 0 Å². The first-order chi connectivity index (χ1) is 13.3. The first-order valence-electron chi connectivity index (χ1n) is 12.7. The van der Waals surface area contributed by atoms with Gasteiger partial charge in [0.25, 0.3) is 0 Å². The van der Waals surface area contributed by atoms with Gasteiger partial charge in [0.2, 0.25) is 0 Å². The zero-order chi connectivity index (χ0) is 20.1. The molecule has 4 aliphatic rings. The lowest BCUT2D eigenvalue weighted by Crippen LogP contribution is -2.55. The second-order valence-electron chi connectivity index (χ2n) is 12.2. The molecule has 0 amide bonds. The van der Waals surface area contributed by atoms with Crippen molar-refractivity contribution in [3.8, 4) is 0 Å². The first-order valence-corrected chi connectivity index (χ1v) is 12.7. The molecule has 0 saturated heterocycles. The van der Waals surface area contributed by atoms with E-state index in [1.807, 2.05) is 0 Å². The molecule has 0 aliphatic heterocycles. The molecule has 4 aliphatic carbocycles. The fourth-order valence-corrected chi connectivity index (χ4v) is 8.84. The highest BCUT2D eigenvalue weighted by Crippen LogP contribution is 2.67. The average Bonchev–Trinajstić information content (AvgIpc) is 2.99. The number of nitrogens with one attached hydrogen (secondary N) is 1. The SMILES string of the molecule is CC(C)CCNC(C)[C@H]1CC[C@H]2[C@@H]3CC[C@H]4C[C@@H](O)CC[C@]4(C)[C@H]3CC[C@]12C.Cl. The van der Waals surface area contributed by atoms with Gasteiger partial charge in [0.15, 0.2) is 0 Å². The van der Waals surface area contributed by atoms with Crippen molar-refractivity contribution in [2.45, 2.75) is 111 Å². The van der Waals surface area contributed by atoms with Crippen LogP contribution >= 0.6 is 12.4 Å². The Morgan fingerprint density at radius 1 is 0.897 bits per heavy atom. The summed E-state index contributed by atoms with van der Waals surface area (Å²) in [5.74, 6) is 5.30. The highest BCUT2D eigenvalue weighted by Gasteiger charge is 2.60. The fourth-order valence-electron chi connectivity index (χ4n) is 8.84. The molecular formula is C26H48ClNO. The number of hydrogen-bond donors (Lipinski definition) is 2. The molecule has 4 saturated carbocycles. The Labute approximate surface area is 186 Å². The second kappa shape index (κ2) is 8.99. The Morgan fingerprint density at radius 2 is 1.59 bits per heavy atom. The molecule has 0 aromatic heterocycles. The zero-order valence-corrected chi connectivity index (χ0v) is 20.6. The van der Waals surface area contributed by atoms with Crippen molar-refractivity contribution in [2.24, 2.45) is 46.3 Å². The molecule has 9 atom stereocenters. The molecule has 4 fully saturated rings. The van der Waals surface area contributed by atoms with Gasteiger partial charge in [-0.05, 0) is 124 Å². The molecule has 0 radical (unpaired) electrons. The average molecular weight is 426 g/mol. The van der Waals surface area contributed by atoms with Crippen LogP contribution in [0.1, 0.15) is 98.8 Å². The van der Waals surface area contributed by atoms with Crippen LogP contribution in [0.2, 0.25) is 0 Å². The Kier molecular flexibility index (Phi) is 7.39. The van der Waals surface area contributed by atoms with Crippen LogP contribution in [0.25, 0.3) is 0 Å². The van der Waals surface area contributed by atoms with Gasteiger partial charge in [0, 0.05) is 6.04 Å². The molecule has 4 rings (SSSR count). The minimum Gasteiger partial charge on any atom is -0.393 e. The van der Waals surface area contributed by atoms with Gasteiger partial charge in [-0.2, -0.15) is 0 Å². The summed E-state index contributed by atoms with van der Waals surface area (Å²) in [6.07, 6.45) is 13.3. The standard InChI is InChI=1S/C26H47NO.ClH/c1-17(2)12-15-27-18(3)22-8-9-23-21-7-6-19-16-20(28)10-13-25(19,4)24(21)11-14-26(22,23)5;/h17-24,27-28H,6-16H2,1-5H3;1H/t18?,19-,20-,21-,22+,23-,24-,25-,26+;/m0./s1. The highest BCUT2D eigenvalue weighted by molar-refractivity contribution is 5.85. The molecule has 170 valence electrons. The predicted molar refractivity (Wildman–Crippen MR) is 125 cm³/mol. The molecule has 3 heteroatoms. The zero-order valence-electron chi connectivity index (χ0n) is 19.8. The minimum atomic E-state index is -0.0166. The van der Waals surface area contributed by atoms with Crippen molar-refractivity contribution in [3.05, 3.63) is 0 Å². The van der Waals surface area contributed by atoms with E-state index in [1.165, 1.54) is 57.9 Å². The Hall–Kier alpha value is 0.210. The highest BCUT2D eigenvalue weighted by atomic mass is 35.5. The number of fused-ring (bicyclic) bond motifs is 5. The largest absolute Gasteiger partial charge is 0.393 e. The van der Waals surface area contributed by atoms with E-state index in [-0.39, 0.29) is 18.5 Å². The number of hydrogen-bond acceptors (Lipinski definition) is 2. The Balaban J connectivity index is 0.00000240. The lowest BCUT2D eigenvalue weighted by atomic mass is 9.44. The van der Waals surface area contributed by atoms with E-state index in [0.717, 1.165) is 48.3 Å². The monoisotopic (exact) mass is 425 g/mol. The van der Waals surface area contributed by atoms with Crippen LogP contribution in [-0.2, 0) is 0 Å². The smallest absolute Gasteiger partial charge is 0.0543 e. The maximum absolute atomic E-state index is 10.2. The van der Waals surface area contributed by atoms with Crippen molar-refractivity contribution in [1.29, 1.82) is 0 Å². The third-order valence-corrected chi connectivity index (χ3v) is 10.5. The molecular weight excluding hydrogens is 378 g/mol. The third-order valence-electron chi connectivity index (χ3n) is 10.5. The van der Waals surface area contributed by atoms with Gasteiger partial charge in [0.05, 0.1) is 6.10 Å². The van der Waals surface area contributed by atoms with Crippen LogP contribution in [-0.4, -0.2) is 23.8 Å². The van der Waals surface area contributed by atoms with Crippen LogP contribution < -0.4 is 5.32 Å². The van der Waals surface area contributed by atoms with Crippen LogP contribution in [0.4, 0.5) is 0 Å². The topological polar surface area (TPSA) is 32.3 Å². The molecule has 0 aromatic carbocycles. The predicted octanol–water partition coefficient (Wildman–Crippen LogP) is 6.45. The van der Waals surface area contributed by atoms with E-state index in [1.54, 1.807) is 0 Å². The lowest BCUT2D eigenvalue weighted by molar-refractivity contribution is -0.127. The van der Waals surface area contributed by atoms with Gasteiger partial charge in [0.1, 0.15) is 0 Å². The van der Waals surface area contributed by atoms with Crippen LogP contribution in [0.5, 0.6) is 0 Å². The van der Waals surface area contributed by atoms with E-state index in [2.05, 4.69) is 39.9 Å². The first kappa shape index (κ1) is 23.9. The van der Waals surface area contributed by atoms with Gasteiger partial charge in [-0.1, -0.05) is 27.7 Å². The normalized spacial score (nSPS) is 47.7. The maximum atomic E-state index is 10.2. The number of rotatable bonds is 5. The molecule has 2 nitrogen and oxygen atoms in total. The molecule has 29 heavy (non-hydrogen) atoms. The minimum absolute atomic E-state index is 0. The molecule has 0 bridgehead atoms. The maximum Gasteiger partial charge on any atom is 0.0543 e. The third kappa shape index (κ3) is 4.17. The number of aliphatic hydroxyl groups is 1. The van der Waals surface area contributed by atoms with Gasteiger partial charge in [-0.25, -0.2) is 0 Å². The number of aliphatic hydroxyl groups excluding tert-OH is 1. The van der Waals surface area contributed by atoms with Crippen molar-refractivity contribution in [3.63, 3.8) is 0 Å². The van der Waals surface area contributed by atoms with E-state index in [9.17, 15) is 5.11 Å². The molecule has 2 N–H and O–H groups in total. The van der Waals surface area contributed by atoms with E-state index in [4.69, 9.17) is 0 Å². The Bertz CT molecular complexity index is 553. The quantitative estimate of drug-likeness (QED) is 0.530. The van der Waals surface area contributed by atoms with Gasteiger partial charge in [-0.15, -0.1) is 12.4 Å². The van der Waals surface area contributed by atoms with E-state index < -0.39 is 0 Å². The molecule has 0 heterocycles. The van der Waals surface area contributed by atoms with E-state index in [0.29, 0.717) is 16.9 Å². The number of halogens is 1. The summed E-state index contributed by atoms with van der Waals surface area (Å²) >= 11 is 0. The van der Waals surface area contributed by atoms with Crippen LogP contribution in [0.15, 0.2) is 0 Å². The lowest BCUT2D eigenvalue weighted by Gasteiger charge is -2.61. The summed E-state index contributed by atoms with van der Waals surface area (Å²) in [6.45, 7) is 13.6. The second-order valence-corrected chi connectivity index (χ2v) is 12.2. The summed E-state index contributed by atoms with van der Waals surface area (Å²) in [5.41, 5.74) is 1.07.